The monoisotopic (exact) mass is 275 g/mol. The molecule has 0 radical (unpaired) electrons. The quantitative estimate of drug-likeness (QED) is 0.508. The molecule has 0 rings (SSSR count). The zero-order chi connectivity index (χ0) is 11.0. The summed E-state index contributed by atoms with van der Waals surface area (Å²) < 4.78 is 36.1. The van der Waals surface area contributed by atoms with E-state index in [-0.39, 0.29) is 0 Å². The highest BCUT2D eigenvalue weighted by atomic mass is 79.9. The zero-order valence-electron chi connectivity index (χ0n) is 8.41. The van der Waals surface area contributed by atoms with Crippen molar-refractivity contribution in [3.8, 4) is 0 Å². The van der Waals surface area contributed by atoms with E-state index in [1.54, 1.807) is 6.92 Å². The summed E-state index contributed by atoms with van der Waals surface area (Å²) in [7, 11) is 0. The van der Waals surface area contributed by atoms with Crippen LogP contribution in [0.2, 0.25) is 0 Å². The van der Waals surface area contributed by atoms with Gasteiger partial charge in [-0.25, -0.2) is 0 Å². The van der Waals surface area contributed by atoms with Crippen molar-refractivity contribution in [2.75, 3.05) is 25.0 Å². The predicted molar refractivity (Wildman–Crippen MR) is 55.8 cm³/mol. The molecule has 86 valence electrons. The van der Waals surface area contributed by atoms with Gasteiger partial charge in [0.05, 0.1) is 6.54 Å². The molecule has 0 saturated carbocycles. The molecule has 0 aliphatic heterocycles. The summed E-state index contributed by atoms with van der Waals surface area (Å²) in [6.07, 6.45) is -1.20. The van der Waals surface area contributed by atoms with E-state index < -0.39 is 12.7 Å². The van der Waals surface area contributed by atoms with E-state index in [1.165, 1.54) is 4.90 Å². The van der Waals surface area contributed by atoms with E-state index >= 15 is 0 Å². The van der Waals surface area contributed by atoms with Crippen LogP contribution >= 0.6 is 15.9 Å². The van der Waals surface area contributed by atoms with Crippen LogP contribution in [-0.2, 0) is 0 Å². The van der Waals surface area contributed by atoms with Gasteiger partial charge in [0.2, 0.25) is 0 Å². The van der Waals surface area contributed by atoms with Crippen molar-refractivity contribution < 1.29 is 13.2 Å². The standard InChI is InChI=1S/C9H17BrF3N/c1-2-14(8-9(11,12)13)7-5-3-4-6-10/h2-8H2,1H3. The van der Waals surface area contributed by atoms with E-state index in [2.05, 4.69) is 15.9 Å². The SMILES string of the molecule is CCN(CCCCCBr)CC(F)(F)F. The van der Waals surface area contributed by atoms with E-state index in [0.29, 0.717) is 13.1 Å². The first-order valence-electron chi connectivity index (χ1n) is 4.84. The summed E-state index contributed by atoms with van der Waals surface area (Å²) in [6.45, 7) is 1.99. The van der Waals surface area contributed by atoms with Crippen molar-refractivity contribution in [3.05, 3.63) is 0 Å². The fourth-order valence-corrected chi connectivity index (χ4v) is 1.61. The fraction of sp³-hybridized carbons (Fsp3) is 1.00. The van der Waals surface area contributed by atoms with Crippen molar-refractivity contribution >= 4 is 15.9 Å². The Morgan fingerprint density at radius 2 is 1.79 bits per heavy atom. The fourth-order valence-electron chi connectivity index (χ4n) is 1.21. The van der Waals surface area contributed by atoms with Gasteiger partial charge in [0.1, 0.15) is 0 Å². The molecule has 0 saturated heterocycles. The summed E-state index contributed by atoms with van der Waals surface area (Å²) in [6, 6.07) is 0. The second kappa shape index (κ2) is 7.51. The first-order chi connectivity index (χ1) is 6.49. The van der Waals surface area contributed by atoms with Crippen molar-refractivity contribution in [1.82, 2.24) is 4.90 Å². The second-order valence-corrected chi connectivity index (χ2v) is 4.03. The lowest BCUT2D eigenvalue weighted by molar-refractivity contribution is -0.145. The zero-order valence-corrected chi connectivity index (χ0v) is 9.99. The Balaban J connectivity index is 3.58. The van der Waals surface area contributed by atoms with E-state index in [0.717, 1.165) is 24.6 Å². The average Bonchev–Trinajstić information content (AvgIpc) is 2.08. The summed E-state index contributed by atoms with van der Waals surface area (Å²) in [5, 5.41) is 0.929. The van der Waals surface area contributed by atoms with Crippen molar-refractivity contribution in [3.63, 3.8) is 0 Å². The van der Waals surface area contributed by atoms with Gasteiger partial charge in [-0.3, -0.25) is 4.90 Å². The lowest BCUT2D eigenvalue weighted by Gasteiger charge is -2.21. The van der Waals surface area contributed by atoms with Crippen LogP contribution in [0, 0.1) is 0 Å². The maximum Gasteiger partial charge on any atom is 0.401 e. The Kier molecular flexibility index (Phi) is 7.64. The first kappa shape index (κ1) is 14.2. The molecule has 1 nitrogen and oxygen atoms in total. The number of alkyl halides is 4. The largest absolute Gasteiger partial charge is 0.401 e. The smallest absolute Gasteiger partial charge is 0.295 e. The van der Waals surface area contributed by atoms with E-state index in [9.17, 15) is 13.2 Å². The number of unbranched alkanes of at least 4 members (excludes halogenated alkanes) is 2. The van der Waals surface area contributed by atoms with Gasteiger partial charge < -0.3 is 0 Å². The maximum absolute atomic E-state index is 12.0. The van der Waals surface area contributed by atoms with Crippen LogP contribution in [0.4, 0.5) is 13.2 Å². The minimum atomic E-state index is -4.06. The number of halogens is 4. The molecular formula is C9H17BrF3N. The molecule has 0 aliphatic carbocycles. The number of nitrogens with zero attached hydrogens (tertiary/aromatic N) is 1. The van der Waals surface area contributed by atoms with Crippen LogP contribution in [0.1, 0.15) is 26.2 Å². The average molecular weight is 276 g/mol. The highest BCUT2D eigenvalue weighted by molar-refractivity contribution is 9.09. The molecule has 0 unspecified atom stereocenters. The van der Waals surface area contributed by atoms with Gasteiger partial charge in [0.15, 0.2) is 0 Å². The van der Waals surface area contributed by atoms with Crippen molar-refractivity contribution in [2.45, 2.75) is 32.4 Å². The molecule has 0 N–H and O–H groups in total. The Morgan fingerprint density at radius 1 is 1.14 bits per heavy atom. The third kappa shape index (κ3) is 8.81. The van der Waals surface area contributed by atoms with Crippen LogP contribution in [-0.4, -0.2) is 36.0 Å². The normalized spacial score (nSPS) is 12.4. The molecule has 0 aromatic carbocycles. The van der Waals surface area contributed by atoms with Crippen LogP contribution in [0.15, 0.2) is 0 Å². The van der Waals surface area contributed by atoms with Gasteiger partial charge in [-0.15, -0.1) is 0 Å². The van der Waals surface area contributed by atoms with Gasteiger partial charge in [0.25, 0.3) is 0 Å². The molecule has 0 amide bonds. The highest BCUT2D eigenvalue weighted by Gasteiger charge is 2.29. The Labute approximate surface area is 91.8 Å². The molecule has 0 aliphatic rings. The molecular weight excluding hydrogens is 259 g/mol. The third-order valence-electron chi connectivity index (χ3n) is 1.96. The lowest BCUT2D eigenvalue weighted by atomic mass is 10.2. The van der Waals surface area contributed by atoms with Crippen molar-refractivity contribution in [1.29, 1.82) is 0 Å². The number of hydrogen-bond donors (Lipinski definition) is 0. The summed E-state index contributed by atoms with van der Waals surface area (Å²) in [4.78, 5) is 1.44. The van der Waals surface area contributed by atoms with Crippen LogP contribution in [0.3, 0.4) is 0 Å². The second-order valence-electron chi connectivity index (χ2n) is 3.23. The number of hydrogen-bond acceptors (Lipinski definition) is 1. The topological polar surface area (TPSA) is 3.24 Å². The summed E-state index contributed by atoms with van der Waals surface area (Å²) in [5.41, 5.74) is 0. The highest BCUT2D eigenvalue weighted by Crippen LogP contribution is 2.16. The minimum Gasteiger partial charge on any atom is -0.295 e. The number of rotatable bonds is 7. The Bertz CT molecular complexity index is 139. The van der Waals surface area contributed by atoms with E-state index in [4.69, 9.17) is 0 Å². The Morgan fingerprint density at radius 3 is 2.21 bits per heavy atom. The van der Waals surface area contributed by atoms with Gasteiger partial charge >= 0.3 is 6.18 Å². The first-order valence-corrected chi connectivity index (χ1v) is 5.97. The summed E-state index contributed by atoms with van der Waals surface area (Å²) >= 11 is 3.29. The molecule has 14 heavy (non-hydrogen) atoms. The molecule has 0 atom stereocenters. The molecule has 0 aromatic rings. The molecule has 0 spiro atoms. The van der Waals surface area contributed by atoms with Crippen LogP contribution in [0.5, 0.6) is 0 Å². The lowest BCUT2D eigenvalue weighted by Crippen LogP contribution is -2.34. The molecule has 0 fully saturated rings. The van der Waals surface area contributed by atoms with Crippen molar-refractivity contribution in [2.24, 2.45) is 0 Å². The van der Waals surface area contributed by atoms with Gasteiger partial charge in [-0.05, 0) is 25.9 Å². The van der Waals surface area contributed by atoms with Gasteiger partial charge in [0, 0.05) is 5.33 Å². The molecule has 0 aromatic heterocycles. The van der Waals surface area contributed by atoms with Crippen LogP contribution in [0.25, 0.3) is 0 Å². The van der Waals surface area contributed by atoms with Gasteiger partial charge in [-0.1, -0.05) is 29.3 Å². The van der Waals surface area contributed by atoms with Gasteiger partial charge in [-0.2, -0.15) is 13.2 Å². The predicted octanol–water partition coefficient (Wildman–Crippen LogP) is 3.44. The minimum absolute atomic E-state index is 0.466. The van der Waals surface area contributed by atoms with E-state index in [1.807, 2.05) is 0 Å². The maximum atomic E-state index is 12.0. The third-order valence-corrected chi connectivity index (χ3v) is 2.52. The molecule has 0 heterocycles. The Hall–Kier alpha value is 0.230. The molecule has 5 heteroatoms. The summed E-state index contributed by atoms with van der Waals surface area (Å²) in [5.74, 6) is 0. The molecule has 0 bridgehead atoms. The van der Waals surface area contributed by atoms with Crippen LogP contribution < -0.4 is 0 Å².